The summed E-state index contributed by atoms with van der Waals surface area (Å²) in [6.45, 7) is 6.31. The zero-order valence-electron chi connectivity index (χ0n) is 8.71. The Morgan fingerprint density at radius 1 is 1.46 bits per heavy atom. The van der Waals surface area contributed by atoms with Gasteiger partial charge in [-0.25, -0.2) is 0 Å². The molecular weight excluding hydrogens is 240 g/mol. The SMILES string of the molecule is [B]C(=O)CC.[CH2-]CCCCOC.[Y]. The van der Waals surface area contributed by atoms with Crippen molar-refractivity contribution in [1.29, 1.82) is 0 Å². The van der Waals surface area contributed by atoms with Crippen LogP contribution in [-0.2, 0) is 42.2 Å². The molecule has 0 saturated carbocycles. The van der Waals surface area contributed by atoms with E-state index < -0.39 is 0 Å². The summed E-state index contributed by atoms with van der Waals surface area (Å²) in [5, 5.41) is 0. The molecule has 0 bridgehead atoms. The molecule has 0 aliphatic carbocycles. The van der Waals surface area contributed by atoms with Gasteiger partial charge >= 0.3 is 0 Å². The van der Waals surface area contributed by atoms with Crippen LogP contribution in [0.2, 0.25) is 0 Å². The zero-order valence-corrected chi connectivity index (χ0v) is 11.6. The summed E-state index contributed by atoms with van der Waals surface area (Å²) in [5.41, 5.74) is -0.245. The van der Waals surface area contributed by atoms with E-state index in [1.54, 1.807) is 14.0 Å². The Bertz CT molecular complexity index is 95.6. The summed E-state index contributed by atoms with van der Waals surface area (Å²) in [6.07, 6.45) is 3.82. The van der Waals surface area contributed by atoms with Gasteiger partial charge in [-0.2, -0.15) is 6.42 Å². The number of carbonyl (C=O) groups is 1. The van der Waals surface area contributed by atoms with Crippen molar-refractivity contribution in [3.05, 3.63) is 6.92 Å². The third kappa shape index (κ3) is 32.3. The molecule has 0 N–H and O–H groups in total. The van der Waals surface area contributed by atoms with Crippen LogP contribution in [0.5, 0.6) is 0 Å². The Morgan fingerprint density at radius 2 is 1.92 bits per heavy atom. The van der Waals surface area contributed by atoms with Gasteiger partial charge in [0.15, 0.2) is 7.85 Å². The number of hydrogen-bond acceptors (Lipinski definition) is 2. The fourth-order valence-corrected chi connectivity index (χ4v) is 0.423. The van der Waals surface area contributed by atoms with Crippen LogP contribution >= 0.6 is 0 Å². The van der Waals surface area contributed by atoms with Gasteiger partial charge in [-0.1, -0.05) is 13.3 Å². The van der Waals surface area contributed by atoms with Crippen LogP contribution in [0.15, 0.2) is 0 Å². The third-order valence-corrected chi connectivity index (χ3v) is 1.20. The van der Waals surface area contributed by atoms with Crippen LogP contribution in [0, 0.1) is 6.92 Å². The summed E-state index contributed by atoms with van der Waals surface area (Å²) in [6, 6.07) is 0. The van der Waals surface area contributed by atoms with Crippen molar-refractivity contribution in [3.8, 4) is 0 Å². The summed E-state index contributed by atoms with van der Waals surface area (Å²) in [7, 11) is 6.38. The van der Waals surface area contributed by atoms with Crippen LogP contribution in [0.4, 0.5) is 0 Å². The number of hydrogen-bond donors (Lipinski definition) is 0. The monoisotopic (exact) mass is 258 g/mol. The Kier molecular flexibility index (Phi) is 27.7. The molecule has 0 fully saturated rings. The fraction of sp³-hybridized carbons (Fsp3) is 0.778. The minimum atomic E-state index is -0.245. The van der Waals surface area contributed by atoms with Gasteiger partial charge in [-0.15, -0.1) is 0 Å². The van der Waals surface area contributed by atoms with E-state index in [9.17, 15) is 4.79 Å². The maximum atomic E-state index is 9.59. The van der Waals surface area contributed by atoms with Gasteiger partial charge in [0.05, 0.1) is 5.68 Å². The molecule has 73 valence electrons. The average Bonchev–Trinajstić information content (AvgIpc) is 2.07. The van der Waals surface area contributed by atoms with Crippen LogP contribution in [0.3, 0.4) is 0 Å². The van der Waals surface area contributed by atoms with Gasteiger partial charge < -0.3 is 16.5 Å². The van der Waals surface area contributed by atoms with Crippen molar-refractivity contribution < 1.29 is 42.2 Å². The molecule has 3 radical (unpaired) electrons. The molecule has 0 saturated heterocycles. The van der Waals surface area contributed by atoms with Crippen molar-refractivity contribution >= 4 is 13.5 Å². The number of unbranched alkanes of at least 4 members (excludes halogenated alkanes) is 2. The molecule has 0 aromatic heterocycles. The maximum Gasteiger partial charge on any atom is 0.167 e. The van der Waals surface area contributed by atoms with Crippen molar-refractivity contribution in [2.75, 3.05) is 13.7 Å². The first kappa shape index (κ1) is 19.4. The molecule has 0 amide bonds. The van der Waals surface area contributed by atoms with Gasteiger partial charge in [0, 0.05) is 46.4 Å². The molecule has 0 rings (SSSR count). The van der Waals surface area contributed by atoms with Crippen LogP contribution < -0.4 is 0 Å². The molecule has 0 aromatic carbocycles. The molecule has 0 aromatic rings. The van der Waals surface area contributed by atoms with Crippen LogP contribution in [0.1, 0.15) is 32.6 Å². The Labute approximate surface area is 108 Å². The predicted octanol–water partition coefficient (Wildman–Crippen LogP) is 1.73. The summed E-state index contributed by atoms with van der Waals surface area (Å²) in [5.74, 6) is 0. The Morgan fingerprint density at radius 3 is 2.15 bits per heavy atom. The minimum Gasteiger partial charge on any atom is -0.385 e. The number of carbonyl (C=O) groups excluding carboxylic acids is 1. The molecule has 0 heterocycles. The first-order chi connectivity index (χ1) is 5.68. The van der Waals surface area contributed by atoms with Gasteiger partial charge in [0.1, 0.15) is 0 Å². The van der Waals surface area contributed by atoms with E-state index >= 15 is 0 Å². The van der Waals surface area contributed by atoms with Crippen LogP contribution in [-0.4, -0.2) is 27.2 Å². The molecule has 0 atom stereocenters. The molecule has 2 nitrogen and oxygen atoms in total. The summed E-state index contributed by atoms with van der Waals surface area (Å²) < 4.78 is 4.82. The van der Waals surface area contributed by atoms with E-state index in [4.69, 9.17) is 4.74 Å². The standard InChI is InChI=1S/C6H13O.C3H5BO.Y/c1-3-4-5-6-7-2;1-2-3(4)5;/h1,3-6H2,2H3;2H2,1H3;/q-1;;. The minimum absolute atomic E-state index is 0. The Hall–Kier alpha value is 0.799. The van der Waals surface area contributed by atoms with Crippen molar-refractivity contribution in [2.24, 2.45) is 0 Å². The normalized spacial score (nSPS) is 7.92. The summed E-state index contributed by atoms with van der Waals surface area (Å²) >= 11 is 0. The molecule has 0 aliphatic heterocycles. The molecule has 0 unspecified atom stereocenters. The van der Waals surface area contributed by atoms with Crippen molar-refractivity contribution in [3.63, 3.8) is 0 Å². The third-order valence-electron chi connectivity index (χ3n) is 1.20. The van der Waals surface area contributed by atoms with E-state index in [0.29, 0.717) is 6.42 Å². The first-order valence-corrected chi connectivity index (χ1v) is 4.25. The van der Waals surface area contributed by atoms with E-state index in [0.717, 1.165) is 19.4 Å². The van der Waals surface area contributed by atoms with E-state index in [1.807, 2.05) is 0 Å². The predicted molar refractivity (Wildman–Crippen MR) is 52.1 cm³/mol. The zero-order chi connectivity index (χ0) is 9.82. The van der Waals surface area contributed by atoms with Crippen molar-refractivity contribution in [1.82, 2.24) is 0 Å². The van der Waals surface area contributed by atoms with E-state index in [1.165, 1.54) is 6.42 Å². The van der Waals surface area contributed by atoms with Gasteiger partial charge in [0.2, 0.25) is 0 Å². The van der Waals surface area contributed by atoms with Gasteiger partial charge in [-0.3, -0.25) is 0 Å². The summed E-state index contributed by atoms with van der Waals surface area (Å²) in [4.78, 5) is 9.59. The fourth-order valence-electron chi connectivity index (χ4n) is 0.423. The average molecular weight is 258 g/mol. The largest absolute Gasteiger partial charge is 0.385 e. The number of ether oxygens (including phenoxy) is 1. The smallest absolute Gasteiger partial charge is 0.167 e. The van der Waals surface area contributed by atoms with E-state index in [-0.39, 0.29) is 38.4 Å². The van der Waals surface area contributed by atoms with Crippen molar-refractivity contribution in [2.45, 2.75) is 32.6 Å². The van der Waals surface area contributed by atoms with Crippen LogP contribution in [0.25, 0.3) is 0 Å². The molecular formula is C9H18BO2Y-. The second-order valence-corrected chi connectivity index (χ2v) is 2.37. The number of methoxy groups -OCH3 is 1. The molecule has 0 aliphatic rings. The second kappa shape index (κ2) is 18.6. The maximum absolute atomic E-state index is 9.59. The molecule has 0 spiro atoms. The molecule has 13 heavy (non-hydrogen) atoms. The van der Waals surface area contributed by atoms with Gasteiger partial charge in [0.25, 0.3) is 0 Å². The Balaban J connectivity index is -0.000000150. The topological polar surface area (TPSA) is 26.3 Å². The molecule has 4 heteroatoms. The first-order valence-electron chi connectivity index (χ1n) is 4.25. The van der Waals surface area contributed by atoms with Gasteiger partial charge in [-0.05, 0) is 12.8 Å². The quantitative estimate of drug-likeness (QED) is 0.426. The van der Waals surface area contributed by atoms with E-state index in [2.05, 4.69) is 14.8 Å². The number of rotatable bonds is 5. The second-order valence-electron chi connectivity index (χ2n) is 2.37.